The fourth-order valence-corrected chi connectivity index (χ4v) is 2.15. The zero-order valence-electron chi connectivity index (χ0n) is 10.3. The van der Waals surface area contributed by atoms with E-state index < -0.39 is 6.04 Å². The first-order valence-electron chi connectivity index (χ1n) is 6.00. The van der Waals surface area contributed by atoms with Gasteiger partial charge in [0.2, 0.25) is 11.8 Å². The number of amides is 2. The van der Waals surface area contributed by atoms with Gasteiger partial charge in [0.25, 0.3) is 0 Å². The highest BCUT2D eigenvalue weighted by Crippen LogP contribution is 2.22. The molecule has 1 heterocycles. The molecule has 5 nitrogen and oxygen atoms in total. The van der Waals surface area contributed by atoms with Crippen LogP contribution in [0.15, 0.2) is 30.3 Å². The van der Waals surface area contributed by atoms with E-state index >= 15 is 0 Å². The van der Waals surface area contributed by atoms with Gasteiger partial charge < -0.3 is 15.5 Å². The number of hydrogen-bond acceptors (Lipinski definition) is 3. The van der Waals surface area contributed by atoms with E-state index in [0.717, 1.165) is 5.56 Å². The molecule has 1 aliphatic rings. The van der Waals surface area contributed by atoms with Crippen molar-refractivity contribution >= 4 is 11.8 Å². The lowest BCUT2D eigenvalue weighted by Gasteiger charge is -2.35. The minimum absolute atomic E-state index is 0.0544. The molecule has 2 rings (SSSR count). The Balaban J connectivity index is 2.26. The predicted molar refractivity (Wildman–Crippen MR) is 67.8 cm³/mol. The number of hydrogen-bond donors (Lipinski definition) is 2. The van der Waals surface area contributed by atoms with Gasteiger partial charge in [-0.3, -0.25) is 9.59 Å². The molecule has 0 aromatic heterocycles. The van der Waals surface area contributed by atoms with Crippen molar-refractivity contribution in [3.63, 3.8) is 0 Å². The van der Waals surface area contributed by atoms with E-state index in [1.807, 2.05) is 30.3 Å². The summed E-state index contributed by atoms with van der Waals surface area (Å²) in [6, 6.07) is 8.87. The Morgan fingerprint density at radius 3 is 2.83 bits per heavy atom. The van der Waals surface area contributed by atoms with Crippen LogP contribution in [-0.2, 0) is 9.59 Å². The van der Waals surface area contributed by atoms with Crippen molar-refractivity contribution < 1.29 is 9.59 Å². The van der Waals surface area contributed by atoms with Crippen molar-refractivity contribution in [2.24, 2.45) is 0 Å². The summed E-state index contributed by atoms with van der Waals surface area (Å²) in [5, 5.41) is 5.63. The van der Waals surface area contributed by atoms with Crippen LogP contribution in [0.5, 0.6) is 0 Å². The maximum atomic E-state index is 12.0. The van der Waals surface area contributed by atoms with E-state index in [2.05, 4.69) is 10.6 Å². The molecular weight excluding hydrogens is 230 g/mol. The Bertz CT molecular complexity index is 433. The number of nitrogens with one attached hydrogen (secondary N) is 2. The molecule has 1 aromatic rings. The third-order valence-electron chi connectivity index (χ3n) is 2.98. The topological polar surface area (TPSA) is 61.4 Å². The summed E-state index contributed by atoms with van der Waals surface area (Å²) in [5.41, 5.74) is 0.846. The Labute approximate surface area is 106 Å². The van der Waals surface area contributed by atoms with Crippen molar-refractivity contribution in [1.82, 2.24) is 15.5 Å². The molecule has 18 heavy (non-hydrogen) atoms. The molecule has 96 valence electrons. The highest BCUT2D eigenvalue weighted by Gasteiger charge is 2.33. The van der Waals surface area contributed by atoms with Crippen LogP contribution in [0.25, 0.3) is 0 Å². The first-order chi connectivity index (χ1) is 8.74. The second-order valence-electron chi connectivity index (χ2n) is 4.22. The average Bonchev–Trinajstić information content (AvgIpc) is 2.39. The number of carbonyl (C=O) groups is 2. The number of likely N-dealkylation sites (N-methyl/N-ethyl adjacent to an activating group) is 1. The molecular formula is C13H17N3O2. The average molecular weight is 247 g/mol. The van der Waals surface area contributed by atoms with Gasteiger partial charge in [0, 0.05) is 13.1 Å². The summed E-state index contributed by atoms with van der Waals surface area (Å²) < 4.78 is 0. The standard InChI is InChI=1S/C13H17N3O2/c1-14-9-11(17)16-8-7-15-13(18)12(16)10-5-3-2-4-6-10/h2-6,12,14H,7-9H2,1H3,(H,15,18). The van der Waals surface area contributed by atoms with Crippen LogP contribution in [0.2, 0.25) is 0 Å². The van der Waals surface area contributed by atoms with E-state index in [1.54, 1.807) is 11.9 Å². The minimum Gasteiger partial charge on any atom is -0.352 e. The van der Waals surface area contributed by atoms with Gasteiger partial charge in [-0.1, -0.05) is 30.3 Å². The molecule has 1 saturated heterocycles. The van der Waals surface area contributed by atoms with Crippen LogP contribution >= 0.6 is 0 Å². The molecule has 2 N–H and O–H groups in total. The van der Waals surface area contributed by atoms with Crippen LogP contribution in [0, 0.1) is 0 Å². The van der Waals surface area contributed by atoms with Crippen LogP contribution < -0.4 is 10.6 Å². The van der Waals surface area contributed by atoms with E-state index in [9.17, 15) is 9.59 Å². The zero-order valence-corrected chi connectivity index (χ0v) is 10.3. The van der Waals surface area contributed by atoms with Crippen LogP contribution in [0.3, 0.4) is 0 Å². The van der Waals surface area contributed by atoms with E-state index in [-0.39, 0.29) is 18.4 Å². The second-order valence-corrected chi connectivity index (χ2v) is 4.22. The molecule has 1 unspecified atom stereocenters. The lowest BCUT2D eigenvalue weighted by atomic mass is 10.0. The molecule has 2 amide bonds. The highest BCUT2D eigenvalue weighted by atomic mass is 16.2. The lowest BCUT2D eigenvalue weighted by Crippen LogP contribution is -2.53. The molecule has 0 spiro atoms. The highest BCUT2D eigenvalue weighted by molar-refractivity contribution is 5.90. The summed E-state index contributed by atoms with van der Waals surface area (Å²) in [6.07, 6.45) is 0. The van der Waals surface area contributed by atoms with Crippen molar-refractivity contribution in [1.29, 1.82) is 0 Å². The van der Waals surface area contributed by atoms with Crippen LogP contribution in [0.1, 0.15) is 11.6 Å². The molecule has 1 aliphatic heterocycles. The van der Waals surface area contributed by atoms with E-state index in [4.69, 9.17) is 0 Å². The number of benzene rings is 1. The third kappa shape index (κ3) is 2.51. The fraction of sp³-hybridized carbons (Fsp3) is 0.385. The first-order valence-corrected chi connectivity index (χ1v) is 6.00. The third-order valence-corrected chi connectivity index (χ3v) is 2.98. The van der Waals surface area contributed by atoms with Gasteiger partial charge in [0.1, 0.15) is 6.04 Å². The lowest BCUT2D eigenvalue weighted by molar-refractivity contribution is -0.142. The summed E-state index contributed by atoms with van der Waals surface area (Å²) >= 11 is 0. The Hall–Kier alpha value is -1.88. The predicted octanol–water partition coefficient (Wildman–Crippen LogP) is -0.0945. The van der Waals surface area contributed by atoms with Crippen LogP contribution in [-0.4, -0.2) is 43.4 Å². The van der Waals surface area contributed by atoms with Gasteiger partial charge in [-0.15, -0.1) is 0 Å². The summed E-state index contributed by atoms with van der Waals surface area (Å²) in [7, 11) is 1.72. The molecule has 1 fully saturated rings. The molecule has 1 aromatic carbocycles. The van der Waals surface area contributed by atoms with Gasteiger partial charge in [-0.25, -0.2) is 0 Å². The monoisotopic (exact) mass is 247 g/mol. The SMILES string of the molecule is CNCC(=O)N1CCNC(=O)C1c1ccccc1. The van der Waals surface area contributed by atoms with Crippen molar-refractivity contribution in [2.75, 3.05) is 26.7 Å². The Morgan fingerprint density at radius 1 is 1.44 bits per heavy atom. The zero-order chi connectivity index (χ0) is 13.0. The normalized spacial score (nSPS) is 19.5. The smallest absolute Gasteiger partial charge is 0.247 e. The van der Waals surface area contributed by atoms with Crippen LogP contribution in [0.4, 0.5) is 0 Å². The van der Waals surface area contributed by atoms with Crippen molar-refractivity contribution in [2.45, 2.75) is 6.04 Å². The van der Waals surface area contributed by atoms with Gasteiger partial charge in [0.15, 0.2) is 0 Å². The summed E-state index contributed by atoms with van der Waals surface area (Å²) in [5.74, 6) is -0.168. The number of rotatable bonds is 3. The van der Waals surface area contributed by atoms with Crippen molar-refractivity contribution in [3.05, 3.63) is 35.9 Å². The largest absolute Gasteiger partial charge is 0.352 e. The Morgan fingerprint density at radius 2 is 2.17 bits per heavy atom. The first kappa shape index (κ1) is 12.6. The number of carbonyl (C=O) groups excluding carboxylic acids is 2. The van der Waals surface area contributed by atoms with E-state index in [1.165, 1.54) is 0 Å². The fourth-order valence-electron chi connectivity index (χ4n) is 2.15. The molecule has 0 saturated carbocycles. The second kappa shape index (κ2) is 5.64. The number of piperazine rings is 1. The van der Waals surface area contributed by atoms with Gasteiger partial charge in [-0.05, 0) is 12.6 Å². The minimum atomic E-state index is -0.513. The molecule has 1 atom stereocenters. The van der Waals surface area contributed by atoms with Crippen molar-refractivity contribution in [3.8, 4) is 0 Å². The number of nitrogens with zero attached hydrogens (tertiary/aromatic N) is 1. The maximum absolute atomic E-state index is 12.0. The maximum Gasteiger partial charge on any atom is 0.247 e. The molecule has 0 radical (unpaired) electrons. The van der Waals surface area contributed by atoms with Gasteiger partial charge in [-0.2, -0.15) is 0 Å². The quantitative estimate of drug-likeness (QED) is 0.784. The Kier molecular flexibility index (Phi) is 3.94. The van der Waals surface area contributed by atoms with E-state index in [0.29, 0.717) is 13.1 Å². The molecule has 0 aliphatic carbocycles. The van der Waals surface area contributed by atoms with Gasteiger partial charge in [0.05, 0.1) is 6.54 Å². The summed E-state index contributed by atoms with van der Waals surface area (Å²) in [4.78, 5) is 25.6. The van der Waals surface area contributed by atoms with Gasteiger partial charge >= 0.3 is 0 Å². The molecule has 0 bridgehead atoms. The molecule has 5 heteroatoms. The summed E-state index contributed by atoms with van der Waals surface area (Å²) in [6.45, 7) is 1.31.